The molecule has 0 aliphatic carbocycles. The number of hydrogen-bond acceptors (Lipinski definition) is 9. The Morgan fingerprint density at radius 3 is 2.36 bits per heavy atom. The number of alkyl halides is 6. The highest BCUT2D eigenvalue weighted by Gasteiger charge is 2.46. The van der Waals surface area contributed by atoms with E-state index in [0.29, 0.717) is 5.69 Å². The Labute approximate surface area is 282 Å². The van der Waals surface area contributed by atoms with Crippen LogP contribution in [-0.2, 0) is 14.6 Å². The topological polar surface area (TPSA) is 139 Å². The largest absolute Gasteiger partial charge is 0.501 e. The molecular formula is C29H22F7N7O5S2. The van der Waals surface area contributed by atoms with Crippen LogP contribution in [0.5, 0.6) is 5.75 Å². The third kappa shape index (κ3) is 7.83. The number of thioether (sulfide) groups is 1. The predicted molar refractivity (Wildman–Crippen MR) is 169 cm³/mol. The van der Waals surface area contributed by atoms with Crippen LogP contribution in [0.1, 0.15) is 0 Å². The van der Waals surface area contributed by atoms with Crippen LogP contribution >= 0.6 is 11.8 Å². The first-order valence-electron chi connectivity index (χ1n) is 13.8. The fourth-order valence-electron chi connectivity index (χ4n) is 4.34. The molecule has 1 fully saturated rings. The third-order valence-corrected chi connectivity index (χ3v) is 9.16. The summed E-state index contributed by atoms with van der Waals surface area (Å²) in [6.07, 6.45) is -3.51. The number of carbonyl (C=O) groups is 2. The number of aromatic nitrogens is 3. The third-order valence-electron chi connectivity index (χ3n) is 6.73. The number of nitrogens with one attached hydrogen (secondary N) is 1. The maximum atomic E-state index is 15.1. The number of sulfone groups is 1. The predicted octanol–water partition coefficient (Wildman–Crippen LogP) is 6.04. The summed E-state index contributed by atoms with van der Waals surface area (Å²) in [5.74, 6) is -2.08. The molecule has 21 heteroatoms. The quantitative estimate of drug-likeness (QED) is 0.214. The van der Waals surface area contributed by atoms with Crippen LogP contribution < -0.4 is 19.9 Å². The van der Waals surface area contributed by atoms with Gasteiger partial charge in [0.2, 0.25) is 5.91 Å². The van der Waals surface area contributed by atoms with Crippen molar-refractivity contribution < 1.29 is 53.5 Å². The van der Waals surface area contributed by atoms with Gasteiger partial charge in [0.05, 0.1) is 27.7 Å². The Hall–Kier alpha value is -5.18. The molecule has 0 spiro atoms. The van der Waals surface area contributed by atoms with Crippen molar-refractivity contribution in [1.82, 2.24) is 14.8 Å². The second-order valence-corrected chi connectivity index (χ2v) is 13.3. The monoisotopic (exact) mass is 745 g/mol. The lowest BCUT2D eigenvalue weighted by Crippen LogP contribution is -2.31. The molecule has 4 aromatic rings. The smallest absolute Gasteiger partial charge is 0.482 e. The van der Waals surface area contributed by atoms with Crippen molar-refractivity contribution in [2.45, 2.75) is 16.6 Å². The van der Waals surface area contributed by atoms with E-state index in [0.717, 1.165) is 64.1 Å². The van der Waals surface area contributed by atoms with Crippen molar-refractivity contribution in [3.05, 3.63) is 72.8 Å². The first kappa shape index (κ1) is 36.1. The number of carbonyl (C=O) groups excluding carboxylic acids is 2. The van der Waals surface area contributed by atoms with Crippen molar-refractivity contribution in [1.29, 1.82) is 0 Å². The normalized spacial score (nSPS) is 14.7. The van der Waals surface area contributed by atoms with Crippen molar-refractivity contribution in [2.75, 3.05) is 41.6 Å². The number of rotatable bonds is 8. The van der Waals surface area contributed by atoms with Gasteiger partial charge in [0.1, 0.15) is 17.9 Å². The highest BCUT2D eigenvalue weighted by Crippen LogP contribution is 2.38. The summed E-state index contributed by atoms with van der Waals surface area (Å²) in [6, 6.07) is 10.1. The first-order valence-corrected chi connectivity index (χ1v) is 16.3. The van der Waals surface area contributed by atoms with Crippen LogP contribution in [0.25, 0.3) is 17.1 Å². The number of amides is 3. The van der Waals surface area contributed by atoms with Crippen molar-refractivity contribution >= 4 is 55.8 Å². The number of urea groups is 1. The van der Waals surface area contributed by atoms with Gasteiger partial charge in [-0.15, -0.1) is 5.10 Å². The Bertz CT molecular complexity index is 2080. The number of benzene rings is 3. The van der Waals surface area contributed by atoms with Crippen LogP contribution in [0.2, 0.25) is 0 Å². The number of anilines is 3. The number of hydrogen-bond donors (Lipinski definition) is 1. The molecule has 0 unspecified atom stereocenters. The summed E-state index contributed by atoms with van der Waals surface area (Å²) < 4.78 is 122. The van der Waals surface area contributed by atoms with E-state index in [4.69, 9.17) is 4.74 Å². The number of nitrogens with zero attached hydrogens (tertiary/aromatic N) is 6. The SMILES string of the molecule is CN(C)c1ccc(OCC(F)(F)F)c(N2C(=O)CSC2=NC(=O)Nc2ccc(-c3ncn(-c4ccc(S(=O)(=O)C(F)(F)F)cc4)n3)cc2F)c1. The van der Waals surface area contributed by atoms with E-state index in [2.05, 4.69) is 20.4 Å². The van der Waals surface area contributed by atoms with E-state index in [1.807, 2.05) is 0 Å². The summed E-state index contributed by atoms with van der Waals surface area (Å²) in [5, 5.41) is 6.17. The van der Waals surface area contributed by atoms with E-state index in [-0.39, 0.29) is 45.1 Å². The molecule has 5 rings (SSSR count). The molecule has 0 atom stereocenters. The Morgan fingerprint density at radius 1 is 1.04 bits per heavy atom. The maximum Gasteiger partial charge on any atom is 0.501 e. The summed E-state index contributed by atoms with van der Waals surface area (Å²) in [4.78, 5) is 35.2. The fraction of sp³-hybridized carbons (Fsp3) is 0.207. The van der Waals surface area contributed by atoms with Gasteiger partial charge in [0.25, 0.3) is 9.84 Å². The van der Waals surface area contributed by atoms with E-state index in [1.165, 1.54) is 24.3 Å². The standard InChI is InChI=1S/C29H22F7N7O5S2/c1-41(2)18-6-10-23(48-14-28(31,32)33)22(12-18)43-24(44)13-49-27(43)39-26(45)38-21-9-3-16(11-20(21)30)25-37-15-42(40-25)17-4-7-19(8-5-17)50(46,47)29(34,35)36/h3-12,15H,13-14H2,1-2H3,(H,38,45). The van der Waals surface area contributed by atoms with Crippen molar-refractivity contribution in [3.63, 3.8) is 0 Å². The summed E-state index contributed by atoms with van der Waals surface area (Å²) in [6.45, 7) is -1.64. The maximum absolute atomic E-state index is 15.1. The van der Waals surface area contributed by atoms with Gasteiger partial charge in [-0.3, -0.25) is 9.69 Å². The van der Waals surface area contributed by atoms with Crippen LogP contribution in [0.4, 0.5) is 52.6 Å². The molecule has 0 saturated carbocycles. The van der Waals surface area contributed by atoms with E-state index in [9.17, 15) is 44.3 Å². The molecule has 1 saturated heterocycles. The number of amidine groups is 1. The van der Waals surface area contributed by atoms with Gasteiger partial charge in [-0.05, 0) is 60.7 Å². The first-order chi connectivity index (χ1) is 23.3. The molecule has 1 aromatic heterocycles. The number of ether oxygens (including phenoxy) is 1. The summed E-state index contributed by atoms with van der Waals surface area (Å²) >= 11 is 0.828. The minimum absolute atomic E-state index is 0.0333. The zero-order chi connectivity index (χ0) is 36.6. The van der Waals surface area contributed by atoms with Gasteiger partial charge in [0, 0.05) is 25.3 Å². The molecule has 264 valence electrons. The molecule has 1 N–H and O–H groups in total. The second-order valence-electron chi connectivity index (χ2n) is 10.4. The molecule has 0 bridgehead atoms. The van der Waals surface area contributed by atoms with Gasteiger partial charge < -0.3 is 15.0 Å². The van der Waals surface area contributed by atoms with Gasteiger partial charge >= 0.3 is 17.7 Å². The van der Waals surface area contributed by atoms with Crippen LogP contribution in [0, 0.1) is 5.82 Å². The molecule has 3 amide bonds. The lowest BCUT2D eigenvalue weighted by Gasteiger charge is -2.23. The van der Waals surface area contributed by atoms with Gasteiger partial charge in [0.15, 0.2) is 17.6 Å². The lowest BCUT2D eigenvalue weighted by molar-refractivity contribution is -0.153. The highest BCUT2D eigenvalue weighted by molar-refractivity contribution is 8.15. The molecule has 1 aliphatic rings. The average Bonchev–Trinajstić information content (AvgIpc) is 3.67. The summed E-state index contributed by atoms with van der Waals surface area (Å²) in [5.41, 5.74) is -5.13. The zero-order valence-corrected chi connectivity index (χ0v) is 27.1. The van der Waals surface area contributed by atoms with E-state index < -0.39 is 50.8 Å². The Kier molecular flexibility index (Phi) is 9.83. The minimum atomic E-state index is -5.55. The Morgan fingerprint density at radius 2 is 1.74 bits per heavy atom. The number of aliphatic imine (C=N–C) groups is 1. The van der Waals surface area contributed by atoms with Gasteiger partial charge in [-0.2, -0.15) is 31.3 Å². The minimum Gasteiger partial charge on any atom is -0.482 e. The second kappa shape index (κ2) is 13.6. The van der Waals surface area contributed by atoms with Crippen molar-refractivity contribution in [2.24, 2.45) is 4.99 Å². The van der Waals surface area contributed by atoms with Crippen molar-refractivity contribution in [3.8, 4) is 22.8 Å². The highest BCUT2D eigenvalue weighted by atomic mass is 32.2. The van der Waals surface area contributed by atoms with Gasteiger partial charge in [-0.25, -0.2) is 27.3 Å². The van der Waals surface area contributed by atoms with E-state index >= 15 is 4.39 Å². The summed E-state index contributed by atoms with van der Waals surface area (Å²) in [7, 11) is -2.22. The Balaban J connectivity index is 1.33. The lowest BCUT2D eigenvalue weighted by atomic mass is 10.2. The zero-order valence-electron chi connectivity index (χ0n) is 25.5. The molecule has 1 aliphatic heterocycles. The molecule has 12 nitrogen and oxygen atoms in total. The molecule has 3 aromatic carbocycles. The van der Waals surface area contributed by atoms with Crippen LogP contribution in [-0.4, -0.2) is 78.4 Å². The van der Waals surface area contributed by atoms with Crippen LogP contribution in [0.3, 0.4) is 0 Å². The van der Waals surface area contributed by atoms with Gasteiger partial charge in [-0.1, -0.05) is 11.8 Å². The molecule has 50 heavy (non-hydrogen) atoms. The average molecular weight is 746 g/mol. The molecule has 0 radical (unpaired) electrons. The molecular weight excluding hydrogens is 723 g/mol. The van der Waals surface area contributed by atoms with E-state index in [1.54, 1.807) is 19.0 Å². The van der Waals surface area contributed by atoms with Crippen LogP contribution in [0.15, 0.2) is 76.9 Å². The number of halogens is 7. The molecule has 2 heterocycles. The fourth-order valence-corrected chi connectivity index (χ4v) is 5.96.